The van der Waals surface area contributed by atoms with Crippen LogP contribution >= 0.6 is 0 Å². The molecule has 5 heteroatoms. The van der Waals surface area contributed by atoms with E-state index in [1.165, 1.54) is 0 Å². The second-order valence-electron chi connectivity index (χ2n) is 1.54. The highest BCUT2D eigenvalue weighted by Gasteiger charge is 2.04. The van der Waals surface area contributed by atoms with Gasteiger partial charge in [0.15, 0.2) is 6.17 Å². The summed E-state index contributed by atoms with van der Waals surface area (Å²) in [7, 11) is 0. The first-order valence-corrected chi connectivity index (χ1v) is 2.59. The van der Waals surface area contributed by atoms with E-state index in [-0.39, 0.29) is 0 Å². The van der Waals surface area contributed by atoms with Crippen LogP contribution in [0.25, 0.3) is 0 Å². The molecule has 0 radical (unpaired) electrons. The van der Waals surface area contributed by atoms with E-state index in [4.69, 9.17) is 5.73 Å². The van der Waals surface area contributed by atoms with Crippen LogP contribution in [0.4, 0.5) is 4.79 Å². The predicted octanol–water partition coefficient (Wildman–Crippen LogP) is 0.157. The van der Waals surface area contributed by atoms with E-state index in [1.54, 1.807) is 6.92 Å². The van der Waals surface area contributed by atoms with E-state index in [9.17, 15) is 9.70 Å². The van der Waals surface area contributed by atoms with E-state index in [1.807, 2.05) is 0 Å². The van der Waals surface area contributed by atoms with Crippen molar-refractivity contribution in [2.45, 2.75) is 19.5 Å². The van der Waals surface area contributed by atoms with Gasteiger partial charge in [-0.2, -0.15) is 0 Å². The maximum Gasteiger partial charge on any atom is 0.313 e. The molecule has 0 aromatic heterocycles. The fourth-order valence-corrected chi connectivity index (χ4v) is 0.367. The van der Waals surface area contributed by atoms with Crippen LogP contribution in [0.15, 0.2) is 5.18 Å². The van der Waals surface area contributed by atoms with Crippen molar-refractivity contribution < 1.29 is 4.79 Å². The highest BCUT2D eigenvalue weighted by Crippen LogP contribution is 1.89. The Kier molecular flexibility index (Phi) is 3.34. The lowest BCUT2D eigenvalue weighted by atomic mass is 10.4. The number of nitroso groups, excluding NO2 is 1. The Morgan fingerprint density at radius 2 is 2.44 bits per heavy atom. The van der Waals surface area contributed by atoms with Crippen LogP contribution in [0.5, 0.6) is 0 Å². The van der Waals surface area contributed by atoms with Gasteiger partial charge in [0.05, 0.1) is 0 Å². The summed E-state index contributed by atoms with van der Waals surface area (Å²) in [5.74, 6) is 0. The van der Waals surface area contributed by atoms with Crippen molar-refractivity contribution in [2.24, 2.45) is 10.9 Å². The molecule has 0 rings (SSSR count). The van der Waals surface area contributed by atoms with Crippen molar-refractivity contribution in [3.05, 3.63) is 4.91 Å². The topological polar surface area (TPSA) is 84.6 Å². The fraction of sp³-hybridized carbons (Fsp3) is 0.750. The molecule has 0 aromatic rings. The Morgan fingerprint density at radius 1 is 1.89 bits per heavy atom. The molecular formula is C4H9N3O2. The molecule has 5 nitrogen and oxygen atoms in total. The molecule has 0 aliphatic rings. The van der Waals surface area contributed by atoms with Gasteiger partial charge < -0.3 is 11.1 Å². The van der Waals surface area contributed by atoms with Gasteiger partial charge in [-0.3, -0.25) is 0 Å². The molecule has 1 unspecified atom stereocenters. The first-order chi connectivity index (χ1) is 4.20. The predicted molar refractivity (Wildman–Crippen MR) is 32.6 cm³/mol. The number of urea groups is 1. The molecular weight excluding hydrogens is 122 g/mol. The number of amides is 2. The van der Waals surface area contributed by atoms with Gasteiger partial charge >= 0.3 is 6.03 Å². The zero-order chi connectivity index (χ0) is 7.28. The Bertz CT molecular complexity index is 114. The molecule has 52 valence electrons. The van der Waals surface area contributed by atoms with Crippen LogP contribution in [-0.2, 0) is 0 Å². The number of hydrogen-bond acceptors (Lipinski definition) is 3. The van der Waals surface area contributed by atoms with Crippen LogP contribution < -0.4 is 11.1 Å². The second kappa shape index (κ2) is 3.82. The molecule has 0 aliphatic heterocycles. The minimum Gasteiger partial charge on any atom is -0.352 e. The number of carbonyl (C=O) groups excluding carboxylic acids is 1. The Morgan fingerprint density at radius 3 is 2.56 bits per heavy atom. The molecule has 0 saturated carbocycles. The molecule has 1 atom stereocenters. The van der Waals surface area contributed by atoms with Crippen molar-refractivity contribution in [1.29, 1.82) is 0 Å². The third kappa shape index (κ3) is 3.45. The summed E-state index contributed by atoms with van der Waals surface area (Å²) in [4.78, 5) is 19.8. The average molecular weight is 131 g/mol. The van der Waals surface area contributed by atoms with Gasteiger partial charge in [-0.1, -0.05) is 6.92 Å². The average Bonchev–Trinajstić information content (AvgIpc) is 1.82. The van der Waals surface area contributed by atoms with Gasteiger partial charge in [0, 0.05) is 0 Å². The van der Waals surface area contributed by atoms with Gasteiger partial charge in [0.1, 0.15) is 0 Å². The van der Waals surface area contributed by atoms with Crippen LogP contribution in [0.3, 0.4) is 0 Å². The van der Waals surface area contributed by atoms with Crippen molar-refractivity contribution in [1.82, 2.24) is 5.32 Å². The number of nitrogens with one attached hydrogen (secondary N) is 1. The maximum atomic E-state index is 10.0. The molecule has 0 heterocycles. The van der Waals surface area contributed by atoms with E-state index in [0.717, 1.165) is 0 Å². The largest absolute Gasteiger partial charge is 0.352 e. The van der Waals surface area contributed by atoms with Crippen LogP contribution in [0, 0.1) is 4.91 Å². The molecule has 0 aromatic carbocycles. The SMILES string of the molecule is CCC(N=O)NC(N)=O. The third-order valence-electron chi connectivity index (χ3n) is 0.823. The summed E-state index contributed by atoms with van der Waals surface area (Å²) >= 11 is 0. The molecule has 0 spiro atoms. The molecule has 2 amide bonds. The molecule has 0 aliphatic carbocycles. The number of nitrogens with zero attached hydrogens (tertiary/aromatic N) is 1. The second-order valence-corrected chi connectivity index (χ2v) is 1.54. The van der Waals surface area contributed by atoms with Crippen LogP contribution in [-0.4, -0.2) is 12.2 Å². The standard InChI is InChI=1S/C4H9N3O2/c1-2-3(7-9)6-4(5)8/h3H,2H2,1H3,(H3,5,6,8). The van der Waals surface area contributed by atoms with Crippen molar-refractivity contribution in [2.75, 3.05) is 0 Å². The van der Waals surface area contributed by atoms with Gasteiger partial charge in [0.25, 0.3) is 0 Å². The minimum absolute atomic E-state index is 0.465. The monoisotopic (exact) mass is 131 g/mol. The fourth-order valence-electron chi connectivity index (χ4n) is 0.367. The van der Waals surface area contributed by atoms with E-state index in [2.05, 4.69) is 10.5 Å². The summed E-state index contributed by atoms with van der Waals surface area (Å²) in [6.45, 7) is 1.72. The Labute approximate surface area is 52.6 Å². The smallest absolute Gasteiger partial charge is 0.313 e. The van der Waals surface area contributed by atoms with Gasteiger partial charge in [-0.25, -0.2) is 4.79 Å². The van der Waals surface area contributed by atoms with Crippen LogP contribution in [0.2, 0.25) is 0 Å². The summed E-state index contributed by atoms with van der Waals surface area (Å²) in [6.07, 6.45) is -0.214. The normalized spacial score (nSPS) is 12.1. The lowest BCUT2D eigenvalue weighted by molar-refractivity contribution is 0.245. The van der Waals surface area contributed by atoms with E-state index < -0.39 is 12.2 Å². The zero-order valence-corrected chi connectivity index (χ0v) is 5.13. The summed E-state index contributed by atoms with van der Waals surface area (Å²) in [5, 5.41) is 4.72. The molecule has 3 N–H and O–H groups in total. The molecule has 0 saturated heterocycles. The number of carbonyl (C=O) groups is 1. The zero-order valence-electron chi connectivity index (χ0n) is 5.13. The summed E-state index contributed by atoms with van der Waals surface area (Å²) < 4.78 is 0. The van der Waals surface area contributed by atoms with E-state index in [0.29, 0.717) is 6.42 Å². The Balaban J connectivity index is 3.55. The lowest BCUT2D eigenvalue weighted by Gasteiger charge is -2.03. The van der Waals surface area contributed by atoms with E-state index >= 15 is 0 Å². The summed E-state index contributed by atoms with van der Waals surface area (Å²) in [6, 6.07) is -0.721. The Hall–Kier alpha value is -1.13. The number of primary amides is 1. The lowest BCUT2D eigenvalue weighted by Crippen LogP contribution is -2.36. The number of rotatable bonds is 3. The molecule has 0 bridgehead atoms. The number of nitrogens with two attached hydrogens (primary N) is 1. The first-order valence-electron chi connectivity index (χ1n) is 2.59. The maximum absolute atomic E-state index is 10.0. The van der Waals surface area contributed by atoms with Crippen molar-refractivity contribution in [3.63, 3.8) is 0 Å². The van der Waals surface area contributed by atoms with Gasteiger partial charge in [0.2, 0.25) is 0 Å². The third-order valence-corrected chi connectivity index (χ3v) is 0.823. The quantitative estimate of drug-likeness (QED) is 0.534. The molecule has 9 heavy (non-hydrogen) atoms. The minimum atomic E-state index is -0.721. The highest BCUT2D eigenvalue weighted by molar-refractivity contribution is 5.71. The highest BCUT2D eigenvalue weighted by atomic mass is 16.3. The summed E-state index contributed by atoms with van der Waals surface area (Å²) in [5.41, 5.74) is 4.70. The van der Waals surface area contributed by atoms with Crippen molar-refractivity contribution in [3.8, 4) is 0 Å². The van der Waals surface area contributed by atoms with Crippen LogP contribution in [0.1, 0.15) is 13.3 Å². The first kappa shape index (κ1) is 7.87. The van der Waals surface area contributed by atoms with Gasteiger partial charge in [-0.05, 0) is 11.6 Å². The molecule has 0 fully saturated rings. The van der Waals surface area contributed by atoms with Crippen molar-refractivity contribution >= 4 is 6.03 Å². The van der Waals surface area contributed by atoms with Gasteiger partial charge in [-0.15, -0.1) is 4.91 Å². The number of hydrogen-bond donors (Lipinski definition) is 2.